The summed E-state index contributed by atoms with van der Waals surface area (Å²) in [4.78, 5) is 22.2. The summed E-state index contributed by atoms with van der Waals surface area (Å²) in [6.07, 6.45) is 7.20. The van der Waals surface area contributed by atoms with E-state index in [1.54, 1.807) is 0 Å². The maximum Gasteiger partial charge on any atom is 0.227 e. The first-order chi connectivity index (χ1) is 7.61. The molecule has 0 bridgehead atoms. The van der Waals surface area contributed by atoms with Crippen molar-refractivity contribution in [1.82, 2.24) is 5.32 Å². The predicted octanol–water partition coefficient (Wildman–Crippen LogP) is 2.44. The molecule has 0 aromatic rings. The van der Waals surface area contributed by atoms with E-state index in [4.69, 9.17) is 0 Å². The van der Waals surface area contributed by atoms with Crippen molar-refractivity contribution in [1.29, 1.82) is 0 Å². The van der Waals surface area contributed by atoms with E-state index in [0.717, 1.165) is 18.8 Å². The number of carbonyl (C=O) groups excluding carboxylic acids is 2. The van der Waals surface area contributed by atoms with Gasteiger partial charge < -0.3 is 5.32 Å². The number of ketones is 1. The highest BCUT2D eigenvalue weighted by Crippen LogP contribution is 2.27. The molecule has 1 rings (SSSR count). The molecule has 1 aliphatic rings. The molecule has 92 valence electrons. The van der Waals surface area contributed by atoms with Gasteiger partial charge in [0.25, 0.3) is 0 Å². The summed E-state index contributed by atoms with van der Waals surface area (Å²) >= 11 is 0. The maximum atomic E-state index is 11.4. The van der Waals surface area contributed by atoms with Gasteiger partial charge in [0, 0.05) is 6.04 Å². The normalized spacial score (nSPS) is 25.1. The van der Waals surface area contributed by atoms with Gasteiger partial charge in [-0.15, -0.1) is 0 Å². The third kappa shape index (κ3) is 4.77. The van der Waals surface area contributed by atoms with Gasteiger partial charge in [-0.2, -0.15) is 0 Å². The van der Waals surface area contributed by atoms with E-state index in [1.165, 1.54) is 32.6 Å². The quantitative estimate of drug-likeness (QED) is 0.730. The van der Waals surface area contributed by atoms with E-state index in [1.807, 2.05) is 0 Å². The second-order valence-electron chi connectivity index (χ2n) is 4.95. The number of carbonyl (C=O) groups is 2. The van der Waals surface area contributed by atoms with Crippen LogP contribution in [0.5, 0.6) is 0 Å². The molecule has 1 amide bonds. The minimum absolute atomic E-state index is 0.0366. The van der Waals surface area contributed by atoms with E-state index >= 15 is 0 Å². The number of hydrogen-bond donors (Lipinski definition) is 1. The van der Waals surface area contributed by atoms with Gasteiger partial charge in [-0.1, -0.05) is 19.8 Å². The minimum atomic E-state index is -0.105. The summed E-state index contributed by atoms with van der Waals surface area (Å²) < 4.78 is 0. The van der Waals surface area contributed by atoms with Gasteiger partial charge in [-0.05, 0) is 38.5 Å². The van der Waals surface area contributed by atoms with Crippen LogP contribution in [0.4, 0.5) is 0 Å². The second kappa shape index (κ2) is 6.66. The van der Waals surface area contributed by atoms with Crippen molar-refractivity contribution in [2.45, 2.75) is 64.8 Å². The van der Waals surface area contributed by atoms with E-state index in [0.29, 0.717) is 6.04 Å². The van der Waals surface area contributed by atoms with Gasteiger partial charge >= 0.3 is 0 Å². The van der Waals surface area contributed by atoms with Crippen molar-refractivity contribution in [3.63, 3.8) is 0 Å². The van der Waals surface area contributed by atoms with Crippen molar-refractivity contribution in [3.05, 3.63) is 0 Å². The Bertz CT molecular complexity index is 242. The molecule has 1 saturated carbocycles. The second-order valence-corrected chi connectivity index (χ2v) is 4.95. The molecular weight excluding hydrogens is 202 g/mol. The summed E-state index contributed by atoms with van der Waals surface area (Å²) in [7, 11) is 0. The third-order valence-electron chi connectivity index (χ3n) is 3.32. The smallest absolute Gasteiger partial charge is 0.227 e. The molecule has 0 aliphatic heterocycles. The van der Waals surface area contributed by atoms with Crippen molar-refractivity contribution in [2.75, 3.05) is 0 Å². The first-order valence-electron chi connectivity index (χ1n) is 6.40. The van der Waals surface area contributed by atoms with Crippen LogP contribution in [0.25, 0.3) is 0 Å². The highest BCUT2D eigenvalue weighted by molar-refractivity contribution is 5.96. The molecule has 16 heavy (non-hydrogen) atoms. The van der Waals surface area contributed by atoms with Crippen molar-refractivity contribution in [3.8, 4) is 0 Å². The fourth-order valence-electron chi connectivity index (χ4n) is 2.51. The molecule has 1 N–H and O–H groups in total. The Labute approximate surface area is 98.0 Å². The topological polar surface area (TPSA) is 46.2 Å². The Hall–Kier alpha value is -0.860. The highest BCUT2D eigenvalue weighted by atomic mass is 16.2. The Kier molecular flexibility index (Phi) is 5.50. The number of nitrogens with one attached hydrogen (secondary N) is 1. The summed E-state index contributed by atoms with van der Waals surface area (Å²) in [5.74, 6) is 0.689. The Morgan fingerprint density at radius 2 is 1.81 bits per heavy atom. The minimum Gasteiger partial charge on any atom is -0.353 e. The molecule has 0 atom stereocenters. The predicted molar refractivity (Wildman–Crippen MR) is 64.1 cm³/mol. The van der Waals surface area contributed by atoms with Crippen LogP contribution in [0.15, 0.2) is 0 Å². The summed E-state index contributed by atoms with van der Waals surface area (Å²) in [6.45, 7) is 3.68. The first-order valence-corrected chi connectivity index (χ1v) is 6.40. The molecule has 0 radical (unpaired) electrons. The summed E-state index contributed by atoms with van der Waals surface area (Å²) in [5.41, 5.74) is 0. The molecule has 3 nitrogen and oxygen atoms in total. The number of amides is 1. The monoisotopic (exact) mass is 225 g/mol. The van der Waals surface area contributed by atoms with Crippen LogP contribution < -0.4 is 5.32 Å². The largest absolute Gasteiger partial charge is 0.353 e. The van der Waals surface area contributed by atoms with Gasteiger partial charge in [0.05, 0.1) is 6.42 Å². The lowest BCUT2D eigenvalue weighted by Crippen LogP contribution is -2.38. The lowest BCUT2D eigenvalue weighted by molar-refractivity contribution is -0.127. The number of hydrogen-bond acceptors (Lipinski definition) is 2. The number of Topliss-reactive ketones (excluding diaryl/α,β-unsaturated/α-hetero) is 1. The molecule has 1 fully saturated rings. The molecular formula is C13H23NO2. The average molecular weight is 225 g/mol. The van der Waals surface area contributed by atoms with Gasteiger partial charge in [0.15, 0.2) is 0 Å². The molecule has 0 aromatic carbocycles. The highest BCUT2D eigenvalue weighted by Gasteiger charge is 2.21. The fourth-order valence-corrected chi connectivity index (χ4v) is 2.51. The van der Waals surface area contributed by atoms with Gasteiger partial charge in [0.2, 0.25) is 5.91 Å². The molecule has 3 heteroatoms. The van der Waals surface area contributed by atoms with Crippen LogP contribution in [0, 0.1) is 5.92 Å². The zero-order valence-electron chi connectivity index (χ0n) is 10.4. The Balaban J connectivity index is 2.21. The Morgan fingerprint density at radius 1 is 1.19 bits per heavy atom. The van der Waals surface area contributed by atoms with Crippen molar-refractivity contribution < 1.29 is 9.59 Å². The van der Waals surface area contributed by atoms with Crippen LogP contribution in [-0.4, -0.2) is 17.7 Å². The average Bonchev–Trinajstić information content (AvgIpc) is 2.20. The fraction of sp³-hybridized carbons (Fsp3) is 0.846. The zero-order valence-corrected chi connectivity index (χ0v) is 10.4. The molecule has 0 spiro atoms. The third-order valence-corrected chi connectivity index (χ3v) is 3.32. The van der Waals surface area contributed by atoms with Gasteiger partial charge in [-0.25, -0.2) is 0 Å². The standard InChI is InChI=1S/C13H23NO2/c1-3-4-11-5-7-12(8-6-11)14-13(16)9-10(2)15/h11-12H,3-9H2,1-2H3,(H,14,16). The van der Waals surface area contributed by atoms with Crippen LogP contribution in [0.2, 0.25) is 0 Å². The van der Waals surface area contributed by atoms with Crippen LogP contribution in [0.3, 0.4) is 0 Å². The molecule has 0 aromatic heterocycles. The summed E-state index contributed by atoms with van der Waals surface area (Å²) in [5, 5.41) is 2.95. The van der Waals surface area contributed by atoms with Gasteiger partial charge in [-0.3, -0.25) is 9.59 Å². The molecule has 1 aliphatic carbocycles. The van der Waals surface area contributed by atoms with Crippen LogP contribution >= 0.6 is 0 Å². The molecule has 0 unspecified atom stereocenters. The van der Waals surface area contributed by atoms with Crippen LogP contribution in [-0.2, 0) is 9.59 Å². The van der Waals surface area contributed by atoms with Gasteiger partial charge in [0.1, 0.15) is 5.78 Å². The van der Waals surface area contributed by atoms with E-state index < -0.39 is 0 Å². The first kappa shape index (κ1) is 13.2. The lowest BCUT2D eigenvalue weighted by Gasteiger charge is -2.28. The van der Waals surface area contributed by atoms with Crippen molar-refractivity contribution in [2.24, 2.45) is 5.92 Å². The SMILES string of the molecule is CCCC1CCC(NC(=O)CC(C)=O)CC1. The number of rotatable bonds is 5. The summed E-state index contributed by atoms with van der Waals surface area (Å²) in [6, 6.07) is 0.306. The maximum absolute atomic E-state index is 11.4. The van der Waals surface area contributed by atoms with Crippen molar-refractivity contribution >= 4 is 11.7 Å². The Morgan fingerprint density at radius 3 is 2.31 bits per heavy atom. The molecule has 0 saturated heterocycles. The van der Waals surface area contributed by atoms with E-state index in [-0.39, 0.29) is 18.1 Å². The molecule has 0 heterocycles. The van der Waals surface area contributed by atoms with E-state index in [9.17, 15) is 9.59 Å². The van der Waals surface area contributed by atoms with Crippen LogP contribution in [0.1, 0.15) is 58.8 Å². The zero-order chi connectivity index (χ0) is 12.0. The lowest BCUT2D eigenvalue weighted by atomic mass is 9.83. The van der Waals surface area contributed by atoms with E-state index in [2.05, 4.69) is 12.2 Å².